The number of ether oxygens (including phenoxy) is 1. The van der Waals surface area contributed by atoms with Crippen LogP contribution in [0.2, 0.25) is 10.0 Å². The Labute approximate surface area is 207 Å². The van der Waals surface area contributed by atoms with Crippen LogP contribution < -0.4 is 15.5 Å². The lowest BCUT2D eigenvalue weighted by atomic mass is 10.1. The minimum atomic E-state index is -1.03. The van der Waals surface area contributed by atoms with Crippen LogP contribution in [0.15, 0.2) is 70.2 Å². The van der Waals surface area contributed by atoms with Gasteiger partial charge in [0.25, 0.3) is 0 Å². The molecule has 0 aliphatic heterocycles. The molecular formula is C23H16BrCl2N3O4. The highest BCUT2D eigenvalue weighted by Crippen LogP contribution is 2.25. The Morgan fingerprint density at radius 2 is 1.76 bits per heavy atom. The standard InChI is InChI=1S/C23H16BrCl2N3O4/c1-13-4-2-3-5-17(13)23(32)33-20-9-6-15(24)10-14(20)12-27-29-22(31)21(30)28-19-11-16(25)7-8-18(19)26/h2-12H,1H3,(H,28,30)(H,29,31)/b27-12-. The van der Waals surface area contributed by atoms with Gasteiger partial charge in [-0.3, -0.25) is 9.59 Å². The number of carbonyl (C=O) groups is 3. The molecule has 0 radical (unpaired) electrons. The van der Waals surface area contributed by atoms with Crippen molar-refractivity contribution < 1.29 is 19.1 Å². The zero-order valence-corrected chi connectivity index (χ0v) is 20.2. The first-order valence-electron chi connectivity index (χ1n) is 9.41. The van der Waals surface area contributed by atoms with E-state index in [1.165, 1.54) is 18.3 Å². The van der Waals surface area contributed by atoms with E-state index in [1.807, 2.05) is 6.07 Å². The van der Waals surface area contributed by atoms with Crippen molar-refractivity contribution in [3.8, 4) is 5.75 Å². The fourth-order valence-electron chi connectivity index (χ4n) is 2.65. The van der Waals surface area contributed by atoms with Crippen LogP contribution in [0.5, 0.6) is 5.75 Å². The Balaban J connectivity index is 1.69. The van der Waals surface area contributed by atoms with Gasteiger partial charge in [-0.15, -0.1) is 0 Å². The fraction of sp³-hybridized carbons (Fsp3) is 0.0435. The van der Waals surface area contributed by atoms with Gasteiger partial charge in [-0.05, 0) is 55.0 Å². The second kappa shape index (κ2) is 11.1. The van der Waals surface area contributed by atoms with Crippen molar-refractivity contribution in [1.82, 2.24) is 5.43 Å². The lowest BCUT2D eigenvalue weighted by molar-refractivity contribution is -0.136. The van der Waals surface area contributed by atoms with E-state index in [4.69, 9.17) is 27.9 Å². The van der Waals surface area contributed by atoms with Gasteiger partial charge < -0.3 is 10.1 Å². The van der Waals surface area contributed by atoms with E-state index in [-0.39, 0.29) is 16.5 Å². The number of esters is 1. The predicted molar refractivity (Wildman–Crippen MR) is 131 cm³/mol. The summed E-state index contributed by atoms with van der Waals surface area (Å²) in [7, 11) is 0. The highest BCUT2D eigenvalue weighted by atomic mass is 79.9. The van der Waals surface area contributed by atoms with Gasteiger partial charge >= 0.3 is 17.8 Å². The van der Waals surface area contributed by atoms with E-state index < -0.39 is 17.8 Å². The van der Waals surface area contributed by atoms with Crippen molar-refractivity contribution in [3.05, 3.63) is 91.9 Å². The van der Waals surface area contributed by atoms with Gasteiger partial charge in [0.2, 0.25) is 0 Å². The molecule has 7 nitrogen and oxygen atoms in total. The van der Waals surface area contributed by atoms with Crippen LogP contribution in [0.25, 0.3) is 0 Å². The summed E-state index contributed by atoms with van der Waals surface area (Å²) >= 11 is 15.2. The van der Waals surface area contributed by atoms with E-state index in [9.17, 15) is 14.4 Å². The van der Waals surface area contributed by atoms with Crippen LogP contribution in [-0.4, -0.2) is 24.0 Å². The molecule has 0 heterocycles. The summed E-state index contributed by atoms with van der Waals surface area (Å²) in [6, 6.07) is 16.4. The zero-order chi connectivity index (χ0) is 24.0. The maximum Gasteiger partial charge on any atom is 0.343 e. The van der Waals surface area contributed by atoms with Crippen molar-refractivity contribution in [1.29, 1.82) is 0 Å². The molecule has 0 unspecified atom stereocenters. The summed E-state index contributed by atoms with van der Waals surface area (Å²) in [4.78, 5) is 36.7. The first-order valence-corrected chi connectivity index (χ1v) is 11.0. The summed E-state index contributed by atoms with van der Waals surface area (Å²) in [5, 5.41) is 6.70. The quantitative estimate of drug-likeness (QED) is 0.147. The van der Waals surface area contributed by atoms with Gasteiger partial charge in [-0.25, -0.2) is 10.2 Å². The minimum Gasteiger partial charge on any atom is -0.422 e. The highest BCUT2D eigenvalue weighted by molar-refractivity contribution is 9.10. The van der Waals surface area contributed by atoms with Crippen molar-refractivity contribution in [3.63, 3.8) is 0 Å². The molecule has 10 heteroatoms. The molecule has 0 saturated carbocycles. The summed E-state index contributed by atoms with van der Waals surface area (Å²) < 4.78 is 6.20. The molecule has 3 aromatic rings. The molecule has 0 aliphatic carbocycles. The molecule has 3 aromatic carbocycles. The average molecular weight is 549 g/mol. The lowest BCUT2D eigenvalue weighted by Gasteiger charge is -2.09. The Hall–Kier alpha value is -3.20. The number of hydrogen-bond donors (Lipinski definition) is 2. The number of amides is 2. The SMILES string of the molecule is Cc1ccccc1C(=O)Oc1ccc(Br)cc1/C=N\NC(=O)C(=O)Nc1cc(Cl)ccc1Cl. The van der Waals surface area contributed by atoms with Crippen molar-refractivity contribution in [2.24, 2.45) is 5.10 Å². The number of benzene rings is 3. The molecular weight excluding hydrogens is 533 g/mol. The van der Waals surface area contributed by atoms with Gasteiger partial charge in [0, 0.05) is 15.1 Å². The number of anilines is 1. The van der Waals surface area contributed by atoms with Crippen molar-refractivity contribution in [2.45, 2.75) is 6.92 Å². The van der Waals surface area contributed by atoms with Gasteiger partial charge in [-0.2, -0.15) is 5.10 Å². The normalized spacial score (nSPS) is 10.7. The van der Waals surface area contributed by atoms with Crippen molar-refractivity contribution in [2.75, 3.05) is 5.32 Å². The average Bonchev–Trinajstić information content (AvgIpc) is 2.78. The number of halogens is 3. The van der Waals surface area contributed by atoms with Crippen LogP contribution in [-0.2, 0) is 9.59 Å². The Morgan fingerprint density at radius 3 is 2.52 bits per heavy atom. The topological polar surface area (TPSA) is 96.9 Å². The summed E-state index contributed by atoms with van der Waals surface area (Å²) in [5.74, 6) is -2.33. The third kappa shape index (κ3) is 6.64. The summed E-state index contributed by atoms with van der Waals surface area (Å²) in [6.07, 6.45) is 1.25. The van der Waals surface area contributed by atoms with Crippen LogP contribution in [0.4, 0.5) is 5.69 Å². The largest absolute Gasteiger partial charge is 0.422 e. The first kappa shape index (κ1) is 24.4. The molecule has 33 heavy (non-hydrogen) atoms. The lowest BCUT2D eigenvalue weighted by Crippen LogP contribution is -2.32. The smallest absolute Gasteiger partial charge is 0.343 e. The number of hydrogen-bond acceptors (Lipinski definition) is 5. The Bertz CT molecular complexity index is 1260. The van der Waals surface area contributed by atoms with E-state index >= 15 is 0 Å². The molecule has 0 bridgehead atoms. The maximum absolute atomic E-state index is 12.5. The molecule has 0 aromatic heterocycles. The van der Waals surface area contributed by atoms with Gasteiger partial charge in [0.05, 0.1) is 22.5 Å². The number of carbonyl (C=O) groups excluding carboxylic acids is 3. The minimum absolute atomic E-state index is 0.186. The van der Waals surface area contributed by atoms with Crippen LogP contribution in [0.1, 0.15) is 21.5 Å². The first-order chi connectivity index (χ1) is 15.7. The van der Waals surface area contributed by atoms with Crippen molar-refractivity contribution >= 4 is 68.8 Å². The Kier molecular flexibility index (Phi) is 8.21. The third-order valence-corrected chi connectivity index (χ3v) is 5.35. The molecule has 2 amide bonds. The molecule has 3 rings (SSSR count). The van der Waals surface area contributed by atoms with Gasteiger partial charge in [-0.1, -0.05) is 57.3 Å². The number of nitrogens with one attached hydrogen (secondary N) is 2. The number of nitrogens with zero attached hydrogens (tertiary/aromatic N) is 1. The second-order valence-electron chi connectivity index (χ2n) is 6.66. The summed E-state index contributed by atoms with van der Waals surface area (Å²) in [5.41, 5.74) is 3.89. The Morgan fingerprint density at radius 1 is 1.00 bits per heavy atom. The van der Waals surface area contributed by atoms with E-state index in [0.717, 1.165) is 5.56 Å². The zero-order valence-electron chi connectivity index (χ0n) is 17.1. The van der Waals surface area contributed by atoms with Gasteiger partial charge in [0.15, 0.2) is 0 Å². The van der Waals surface area contributed by atoms with Crippen LogP contribution >= 0.6 is 39.1 Å². The molecule has 0 fully saturated rings. The molecule has 0 spiro atoms. The number of rotatable bonds is 5. The molecule has 0 aliphatic rings. The molecule has 168 valence electrons. The number of hydrazone groups is 1. The third-order valence-electron chi connectivity index (χ3n) is 4.29. The molecule has 2 N–H and O–H groups in total. The summed E-state index contributed by atoms with van der Waals surface area (Å²) in [6.45, 7) is 1.80. The molecule has 0 atom stereocenters. The van der Waals surface area contributed by atoms with E-state index in [1.54, 1.807) is 49.4 Å². The van der Waals surface area contributed by atoms with E-state index in [0.29, 0.717) is 20.6 Å². The van der Waals surface area contributed by atoms with Crippen LogP contribution in [0.3, 0.4) is 0 Å². The molecule has 0 saturated heterocycles. The monoisotopic (exact) mass is 547 g/mol. The predicted octanol–water partition coefficient (Wildman–Crippen LogP) is 5.37. The highest BCUT2D eigenvalue weighted by Gasteiger charge is 2.16. The second-order valence-corrected chi connectivity index (χ2v) is 8.42. The number of aryl methyl sites for hydroxylation is 1. The van der Waals surface area contributed by atoms with Crippen LogP contribution in [0, 0.1) is 6.92 Å². The van der Waals surface area contributed by atoms with E-state index in [2.05, 4.69) is 31.8 Å². The van der Waals surface area contributed by atoms with Gasteiger partial charge in [0.1, 0.15) is 5.75 Å². The fourth-order valence-corrected chi connectivity index (χ4v) is 3.37. The maximum atomic E-state index is 12.5.